The smallest absolute Gasteiger partial charge is 0.304 e. The molecule has 4 saturated heterocycles. The molecule has 1 amide bonds. The van der Waals surface area contributed by atoms with Crippen LogP contribution in [0.15, 0.2) is 102 Å². The molecule has 393 valence electrons. The molecule has 5 aliphatic rings. The van der Waals surface area contributed by atoms with Crippen molar-refractivity contribution < 1.29 is 16.1 Å². The molecule has 4 fully saturated rings. The normalized spacial score (nSPS) is 20.6. The second kappa shape index (κ2) is 30.3. The van der Waals surface area contributed by atoms with E-state index in [4.69, 9.17) is 21.6 Å². The third-order valence-electron chi connectivity index (χ3n) is 14.1. The minimum absolute atomic E-state index is 0. The predicted molar refractivity (Wildman–Crippen MR) is 312 cm³/mol. The zero-order valence-electron chi connectivity index (χ0n) is 42.2. The van der Waals surface area contributed by atoms with Crippen LogP contribution < -0.4 is 16.8 Å². The Morgan fingerprint density at radius 1 is 0.658 bits per heavy atom. The number of para-hydroxylation sites is 7. The number of nitrogens with two attached hydrogens (primary N) is 2. The summed E-state index contributed by atoms with van der Waals surface area (Å²) >= 11 is 0. The summed E-state index contributed by atoms with van der Waals surface area (Å²) in [4.78, 5) is 44.9. The van der Waals surface area contributed by atoms with E-state index in [1.54, 1.807) is 19.1 Å². The number of fused-ring (bicyclic) bond motifs is 3. The second-order valence-electron chi connectivity index (χ2n) is 19.5. The first-order chi connectivity index (χ1) is 34.5. The number of amides is 1. The molecule has 14 nitrogen and oxygen atoms in total. The third kappa shape index (κ3) is 18.3. The average Bonchev–Trinajstić information content (AvgIpc) is 4.11. The lowest BCUT2D eigenvalue weighted by Crippen LogP contribution is -2.43. The molecule has 0 saturated carbocycles. The summed E-state index contributed by atoms with van der Waals surface area (Å²) in [7, 11) is 5.46. The van der Waals surface area contributed by atoms with Crippen LogP contribution in [0.1, 0.15) is 123 Å². The topological polar surface area (TPSA) is 198 Å². The Morgan fingerprint density at radius 3 is 1.71 bits per heavy atom. The number of benzene rings is 4. The summed E-state index contributed by atoms with van der Waals surface area (Å²) < 4.78 is 4.45. The minimum Gasteiger partial charge on any atom is -0.481 e. The first-order valence-electron chi connectivity index (χ1n) is 25.9. The number of carboxylic acid groups (broad SMARTS) is 1. The van der Waals surface area contributed by atoms with Crippen molar-refractivity contribution in [2.45, 2.75) is 148 Å². The summed E-state index contributed by atoms with van der Waals surface area (Å²) in [5.74, 6) is 1.75. The van der Waals surface area contributed by atoms with Crippen molar-refractivity contribution in [1.29, 1.82) is 0 Å². The van der Waals surface area contributed by atoms with Crippen LogP contribution in [0, 0.1) is 0 Å². The lowest BCUT2D eigenvalue weighted by atomic mass is 9.95. The highest BCUT2D eigenvalue weighted by atomic mass is 31.0. The number of likely N-dealkylation sites (tertiary alicyclic amines) is 1. The first kappa shape index (κ1) is 58.7. The maximum Gasteiger partial charge on any atom is 0.304 e. The van der Waals surface area contributed by atoms with Gasteiger partial charge in [0, 0.05) is 92.0 Å². The van der Waals surface area contributed by atoms with Gasteiger partial charge in [-0.05, 0) is 112 Å². The number of piperidine rings is 4. The number of H-pyrrole nitrogens is 2. The van der Waals surface area contributed by atoms with Crippen molar-refractivity contribution >= 4 is 83.9 Å². The number of hydrogen-bond donors (Lipinski definition) is 6. The highest BCUT2D eigenvalue weighted by Crippen LogP contribution is 2.30. The Morgan fingerprint density at radius 2 is 1.18 bits per heavy atom. The van der Waals surface area contributed by atoms with Crippen LogP contribution in [0.2, 0.25) is 0 Å². The number of hydrogen-bond acceptors (Lipinski definition) is 10. The van der Waals surface area contributed by atoms with E-state index in [2.05, 4.69) is 95.8 Å². The molecule has 2 aromatic heterocycles. The minimum atomic E-state index is -0.690. The lowest BCUT2D eigenvalue weighted by molar-refractivity contribution is -0.138. The second-order valence-corrected chi connectivity index (χ2v) is 20.8. The van der Waals surface area contributed by atoms with Gasteiger partial charge in [0.2, 0.25) is 5.91 Å². The van der Waals surface area contributed by atoms with Crippen LogP contribution >= 0.6 is 18.8 Å². The number of imidazole rings is 2. The standard InChI is InChI=1S/C16H20N2O.C13H18N3P.C13H17N3.C7H14NO2P.C6H8N2.CH4.B.H2/c1-12(19)18-9-5-4-7-15(18)11-14-10-13-6-2-3-8-16(13)17-14;17-16-8-4-3-5-10(16)9-13-14-11-6-1-2-7-12(11)15-13;1-2-7-12-11(6-1)15-13(16-12)9-10-5-3-4-8-14-10;9-7(10)5-6-3-1-2-4-8(6)11;7-5-3-1-2-4-6(5)8;;;/h2-3,6,8,15H,4-5,7,9-11H2,1H3;1-2,6-7,10H,3-5,8-9,17H2,(H,14,15);1-2,6-7,10,14H,3-5,8-9H2,(H,15,16);6H,1-5,11H2,(H,9,10);1-4H,7-8H2;1H4;;1H/i;;;;;;;1+1. The van der Waals surface area contributed by atoms with Crippen LogP contribution in [0.3, 0.4) is 0 Å². The fraction of sp³-hybridized carbons (Fsp3) is 0.482. The number of nitrogens with one attached hydrogen (secondary N) is 3. The van der Waals surface area contributed by atoms with E-state index in [1.807, 2.05) is 47.4 Å². The molecule has 7 heterocycles. The largest absolute Gasteiger partial charge is 0.481 e. The van der Waals surface area contributed by atoms with Gasteiger partial charge in [0.25, 0.3) is 0 Å². The van der Waals surface area contributed by atoms with Crippen molar-refractivity contribution in [3.05, 3.63) is 114 Å². The van der Waals surface area contributed by atoms with Gasteiger partial charge in [-0.1, -0.05) is 100 Å². The number of rotatable bonds is 8. The molecular formula is C56H83BN11O3P2. The Kier molecular flexibility index (Phi) is 24.3. The molecule has 0 spiro atoms. The average molecular weight is 1030 g/mol. The van der Waals surface area contributed by atoms with Gasteiger partial charge in [-0.15, -0.1) is 0 Å². The number of aromatic amines is 2. The number of nitrogens with zero attached hydrogens (tertiary/aromatic N) is 6. The third-order valence-corrected chi connectivity index (χ3v) is 15.4. The molecule has 6 aromatic rings. The van der Waals surface area contributed by atoms with Gasteiger partial charge >= 0.3 is 5.97 Å². The highest BCUT2D eigenvalue weighted by molar-refractivity contribution is 7.13. The number of aromatic nitrogens is 4. The van der Waals surface area contributed by atoms with Crippen LogP contribution in [0.5, 0.6) is 0 Å². The predicted octanol–water partition coefficient (Wildman–Crippen LogP) is 10.6. The van der Waals surface area contributed by atoms with Crippen molar-refractivity contribution in [2.24, 2.45) is 4.99 Å². The summed E-state index contributed by atoms with van der Waals surface area (Å²) in [6.45, 7) is 5.97. The van der Waals surface area contributed by atoms with E-state index in [-0.39, 0.29) is 35.6 Å². The van der Waals surface area contributed by atoms with Crippen LogP contribution in [0.4, 0.5) is 17.1 Å². The maximum absolute atomic E-state index is 11.7. The number of carboxylic acids is 1. The monoisotopic (exact) mass is 1030 g/mol. The molecule has 11 rings (SSSR count). The SMILES string of the molecule is C.CC(=O)N1CCCCC1CC1=Nc2ccccc2C1.Nc1ccccc1N.O=C(O)CC1CCCCN1P.PN1CCCCC1Cc1nc2ccccc2[nH]1.[2HH].[B].c1ccc2[nH]c(CC3CCCCN3)nc2c1. The Bertz CT molecular complexity index is 2560. The summed E-state index contributed by atoms with van der Waals surface area (Å²) in [6.07, 6.45) is 19.0. The Labute approximate surface area is 442 Å². The van der Waals surface area contributed by atoms with Crippen molar-refractivity contribution in [1.82, 2.24) is 39.5 Å². The van der Waals surface area contributed by atoms with Crippen molar-refractivity contribution in [2.75, 3.05) is 37.6 Å². The fourth-order valence-electron chi connectivity index (χ4n) is 10.2. The van der Waals surface area contributed by atoms with E-state index in [0.717, 1.165) is 104 Å². The first-order valence-corrected chi connectivity index (χ1v) is 26.9. The van der Waals surface area contributed by atoms with E-state index in [9.17, 15) is 9.59 Å². The van der Waals surface area contributed by atoms with Gasteiger partial charge in [0.05, 0.1) is 45.5 Å². The van der Waals surface area contributed by atoms with Gasteiger partial charge in [0.15, 0.2) is 0 Å². The van der Waals surface area contributed by atoms with Gasteiger partial charge < -0.3 is 36.8 Å². The van der Waals surface area contributed by atoms with Crippen LogP contribution in [-0.4, -0.2) is 116 Å². The van der Waals surface area contributed by atoms with Gasteiger partial charge in [-0.25, -0.2) is 9.97 Å². The molecule has 0 aliphatic carbocycles. The molecule has 8 N–H and O–H groups in total. The van der Waals surface area contributed by atoms with Crippen molar-refractivity contribution in [3.8, 4) is 0 Å². The number of aliphatic imine (C=N–C) groups is 1. The molecule has 5 aliphatic heterocycles. The van der Waals surface area contributed by atoms with Crippen molar-refractivity contribution in [3.63, 3.8) is 0 Å². The lowest BCUT2D eigenvalue weighted by Gasteiger charge is -2.35. The van der Waals surface area contributed by atoms with Gasteiger partial charge in [-0.3, -0.25) is 23.9 Å². The van der Waals surface area contributed by atoms with Gasteiger partial charge in [-0.2, -0.15) is 0 Å². The maximum atomic E-state index is 11.7. The number of carbonyl (C=O) groups excluding carboxylic acids is 1. The van der Waals surface area contributed by atoms with E-state index >= 15 is 0 Å². The summed E-state index contributed by atoms with van der Waals surface area (Å²) in [6, 6.07) is 33.9. The zero-order chi connectivity index (χ0) is 50.0. The molecule has 6 unspecified atom stereocenters. The summed E-state index contributed by atoms with van der Waals surface area (Å²) in [5.41, 5.74) is 20.2. The van der Waals surface area contributed by atoms with E-state index < -0.39 is 5.97 Å². The molecule has 4 aromatic carbocycles. The Balaban J connectivity index is 0.000000203. The van der Waals surface area contributed by atoms with Crippen LogP contribution in [-0.2, 0) is 28.9 Å². The van der Waals surface area contributed by atoms with Crippen LogP contribution in [0.25, 0.3) is 22.1 Å². The number of carbonyl (C=O) groups is 2. The molecule has 6 atom stereocenters. The number of nitrogen functional groups attached to an aromatic ring is 2. The number of aliphatic carboxylic acids is 1. The fourth-order valence-corrected chi connectivity index (χ4v) is 11.0. The Hall–Kier alpha value is -5.17. The molecule has 3 radical (unpaired) electrons. The van der Waals surface area contributed by atoms with E-state index in [0.29, 0.717) is 29.5 Å². The van der Waals surface area contributed by atoms with E-state index in [1.165, 1.54) is 75.6 Å². The number of anilines is 2. The quantitative estimate of drug-likeness (QED) is 0.0485. The van der Waals surface area contributed by atoms with Gasteiger partial charge in [0.1, 0.15) is 11.6 Å². The highest BCUT2D eigenvalue weighted by Gasteiger charge is 2.27. The zero-order valence-corrected chi connectivity index (χ0v) is 44.5. The summed E-state index contributed by atoms with van der Waals surface area (Å²) in [5, 5.41) is 12.1. The molecule has 73 heavy (non-hydrogen) atoms. The molecule has 0 bridgehead atoms. The molecule has 17 heteroatoms. The molecular weight excluding hydrogens is 947 g/mol.